The number of hydrogen-bond acceptors (Lipinski definition) is 3. The average Bonchev–Trinajstić information content (AvgIpc) is 3.03. The third-order valence-electron chi connectivity index (χ3n) is 4.35. The lowest BCUT2D eigenvalue weighted by Gasteiger charge is -2.19. The number of nitrogens with zero attached hydrogens (tertiary/aromatic N) is 1. The minimum absolute atomic E-state index is 0.0620. The molecule has 1 unspecified atom stereocenters. The summed E-state index contributed by atoms with van der Waals surface area (Å²) < 4.78 is 28.2. The van der Waals surface area contributed by atoms with Crippen LogP contribution >= 0.6 is 0 Å². The number of nitrogens with one attached hydrogen (secondary N) is 2. The van der Waals surface area contributed by atoms with Gasteiger partial charge in [-0.15, -0.1) is 0 Å². The Morgan fingerprint density at radius 3 is 2.55 bits per heavy atom. The number of carbonyl (C=O) groups excluding carboxylic acids is 1. The van der Waals surface area contributed by atoms with Crippen LogP contribution in [0.1, 0.15) is 34.1 Å². The Balaban J connectivity index is 1.91. The van der Waals surface area contributed by atoms with Crippen LogP contribution in [0, 0.1) is 18.6 Å². The molecule has 0 aliphatic heterocycles. The van der Waals surface area contributed by atoms with Gasteiger partial charge in [0.25, 0.3) is 11.5 Å². The van der Waals surface area contributed by atoms with Crippen LogP contribution in [-0.2, 0) is 4.79 Å². The van der Waals surface area contributed by atoms with Crippen molar-refractivity contribution >= 4 is 11.9 Å². The lowest BCUT2D eigenvalue weighted by Crippen LogP contribution is -2.31. The molecule has 7 nitrogen and oxygen atoms in total. The zero-order chi connectivity index (χ0) is 21.1. The molecular weight excluding hydrogens is 384 g/mol. The normalized spacial score (nSPS) is 11.8. The maximum atomic E-state index is 13.9. The fourth-order valence-corrected chi connectivity index (χ4v) is 3.00. The van der Waals surface area contributed by atoms with E-state index in [0.29, 0.717) is 11.1 Å². The number of aryl methyl sites for hydroxylation is 1. The fourth-order valence-electron chi connectivity index (χ4n) is 3.00. The molecular formula is C20H17F2N3O4. The molecule has 0 saturated carbocycles. The highest BCUT2D eigenvalue weighted by Gasteiger charge is 2.22. The van der Waals surface area contributed by atoms with Gasteiger partial charge in [-0.05, 0) is 42.3 Å². The summed E-state index contributed by atoms with van der Waals surface area (Å²) in [5.74, 6) is -3.07. The van der Waals surface area contributed by atoms with E-state index in [4.69, 9.17) is 0 Å². The van der Waals surface area contributed by atoms with Gasteiger partial charge in [0.2, 0.25) is 0 Å². The van der Waals surface area contributed by atoms with Gasteiger partial charge in [-0.1, -0.05) is 18.2 Å². The minimum atomic E-state index is -1.17. The number of carboxylic acids is 1. The number of aromatic nitrogens is 2. The second-order valence-corrected chi connectivity index (χ2v) is 6.42. The molecule has 0 aliphatic carbocycles. The molecule has 150 valence electrons. The fraction of sp³-hybridized carbons (Fsp3) is 0.150. The zero-order valence-electron chi connectivity index (χ0n) is 15.3. The van der Waals surface area contributed by atoms with Crippen molar-refractivity contribution in [2.24, 2.45) is 0 Å². The first-order valence-electron chi connectivity index (χ1n) is 8.62. The van der Waals surface area contributed by atoms with E-state index in [2.05, 4.69) is 10.4 Å². The van der Waals surface area contributed by atoms with Gasteiger partial charge in [0.15, 0.2) is 0 Å². The molecule has 0 aliphatic rings. The molecule has 0 fully saturated rings. The zero-order valence-corrected chi connectivity index (χ0v) is 15.3. The highest BCUT2D eigenvalue weighted by Crippen LogP contribution is 2.22. The third kappa shape index (κ3) is 4.40. The van der Waals surface area contributed by atoms with Gasteiger partial charge in [-0.25, -0.2) is 13.5 Å². The summed E-state index contributed by atoms with van der Waals surface area (Å²) in [6.07, 6.45) is -0.448. The number of para-hydroxylation sites is 1. The van der Waals surface area contributed by atoms with Crippen LogP contribution in [0.25, 0.3) is 5.69 Å². The van der Waals surface area contributed by atoms with Gasteiger partial charge in [-0.3, -0.25) is 19.5 Å². The highest BCUT2D eigenvalue weighted by atomic mass is 19.1. The number of rotatable bonds is 6. The van der Waals surface area contributed by atoms with E-state index in [-0.39, 0.29) is 11.4 Å². The minimum Gasteiger partial charge on any atom is -0.481 e. The SMILES string of the molecule is Cc1cc(F)ccc1C(CC(=O)O)NC(=O)c1cc(=O)n(-c2ccccc2F)[nH]1. The molecule has 1 amide bonds. The molecule has 1 heterocycles. The smallest absolute Gasteiger partial charge is 0.305 e. The maximum absolute atomic E-state index is 13.9. The number of carboxylic acid groups (broad SMARTS) is 1. The highest BCUT2D eigenvalue weighted by molar-refractivity contribution is 5.92. The van der Waals surface area contributed by atoms with E-state index in [9.17, 15) is 28.3 Å². The summed E-state index contributed by atoms with van der Waals surface area (Å²) in [7, 11) is 0. The van der Waals surface area contributed by atoms with Crippen LogP contribution < -0.4 is 10.9 Å². The van der Waals surface area contributed by atoms with E-state index in [1.165, 1.54) is 42.5 Å². The summed E-state index contributed by atoms with van der Waals surface area (Å²) in [4.78, 5) is 36.0. The second kappa shape index (κ2) is 8.09. The number of aromatic amines is 1. The van der Waals surface area contributed by atoms with E-state index in [0.717, 1.165) is 10.7 Å². The maximum Gasteiger partial charge on any atom is 0.305 e. The van der Waals surface area contributed by atoms with Crippen molar-refractivity contribution in [3.8, 4) is 5.69 Å². The molecule has 1 aromatic heterocycles. The Morgan fingerprint density at radius 1 is 1.17 bits per heavy atom. The van der Waals surface area contributed by atoms with E-state index < -0.39 is 41.5 Å². The van der Waals surface area contributed by atoms with Gasteiger partial charge in [0.1, 0.15) is 23.0 Å². The molecule has 29 heavy (non-hydrogen) atoms. The van der Waals surface area contributed by atoms with Crippen LogP contribution in [0.4, 0.5) is 8.78 Å². The van der Waals surface area contributed by atoms with E-state index >= 15 is 0 Å². The first kappa shape index (κ1) is 20.0. The molecule has 3 aromatic rings. The van der Waals surface area contributed by atoms with E-state index in [1.807, 2.05) is 0 Å². The van der Waals surface area contributed by atoms with Crippen LogP contribution in [-0.4, -0.2) is 26.8 Å². The quantitative estimate of drug-likeness (QED) is 0.591. The van der Waals surface area contributed by atoms with Crippen molar-refractivity contribution in [3.05, 3.63) is 87.3 Å². The summed E-state index contributed by atoms with van der Waals surface area (Å²) in [5.41, 5.74) is 0.00132. The Hall–Kier alpha value is -3.75. The van der Waals surface area contributed by atoms with Crippen LogP contribution in [0.2, 0.25) is 0 Å². The van der Waals surface area contributed by atoms with Crippen molar-refractivity contribution in [1.82, 2.24) is 15.1 Å². The number of carbonyl (C=O) groups is 2. The molecule has 0 radical (unpaired) electrons. The van der Waals surface area contributed by atoms with Crippen LogP contribution in [0.5, 0.6) is 0 Å². The first-order chi connectivity index (χ1) is 13.8. The number of hydrogen-bond donors (Lipinski definition) is 3. The number of aliphatic carboxylic acids is 1. The number of benzene rings is 2. The molecule has 2 aromatic carbocycles. The summed E-state index contributed by atoms with van der Waals surface area (Å²) in [5, 5.41) is 14.2. The summed E-state index contributed by atoms with van der Waals surface area (Å²) >= 11 is 0. The Morgan fingerprint density at radius 2 is 1.90 bits per heavy atom. The number of halogens is 2. The number of H-pyrrole nitrogens is 1. The lowest BCUT2D eigenvalue weighted by molar-refractivity contribution is -0.137. The second-order valence-electron chi connectivity index (χ2n) is 6.42. The topological polar surface area (TPSA) is 104 Å². The van der Waals surface area contributed by atoms with Gasteiger partial charge in [-0.2, -0.15) is 0 Å². The average molecular weight is 401 g/mol. The third-order valence-corrected chi connectivity index (χ3v) is 4.35. The number of amides is 1. The van der Waals surface area contributed by atoms with Crippen molar-refractivity contribution in [2.45, 2.75) is 19.4 Å². The van der Waals surface area contributed by atoms with Crippen molar-refractivity contribution in [1.29, 1.82) is 0 Å². The molecule has 0 spiro atoms. The molecule has 1 atom stereocenters. The Labute approximate surface area is 163 Å². The van der Waals surface area contributed by atoms with Crippen molar-refractivity contribution in [2.75, 3.05) is 0 Å². The standard InChI is InChI=1S/C20H17F2N3O4/c1-11-8-12(21)6-7-13(11)15(10-19(27)28)23-20(29)16-9-18(26)25(24-16)17-5-3-2-4-14(17)22/h2-9,15,24H,10H2,1H3,(H,23,29)(H,27,28). The summed E-state index contributed by atoms with van der Waals surface area (Å²) in [6, 6.07) is 9.34. The molecule has 3 N–H and O–H groups in total. The largest absolute Gasteiger partial charge is 0.481 e. The van der Waals surface area contributed by atoms with Gasteiger partial charge >= 0.3 is 5.97 Å². The van der Waals surface area contributed by atoms with Crippen molar-refractivity contribution in [3.63, 3.8) is 0 Å². The molecule has 9 heteroatoms. The van der Waals surface area contributed by atoms with E-state index in [1.54, 1.807) is 6.92 Å². The predicted octanol–water partition coefficient (Wildman–Crippen LogP) is 2.70. The van der Waals surface area contributed by atoms with Gasteiger partial charge in [0, 0.05) is 6.07 Å². The van der Waals surface area contributed by atoms with Gasteiger partial charge < -0.3 is 10.4 Å². The monoisotopic (exact) mass is 401 g/mol. The molecule has 0 bridgehead atoms. The summed E-state index contributed by atoms with van der Waals surface area (Å²) in [6.45, 7) is 1.59. The van der Waals surface area contributed by atoms with Gasteiger partial charge in [0.05, 0.1) is 12.5 Å². The molecule has 0 saturated heterocycles. The van der Waals surface area contributed by atoms with Crippen LogP contribution in [0.15, 0.2) is 53.3 Å². The predicted molar refractivity (Wildman–Crippen MR) is 99.9 cm³/mol. The van der Waals surface area contributed by atoms with Crippen molar-refractivity contribution < 1.29 is 23.5 Å². The lowest BCUT2D eigenvalue weighted by atomic mass is 9.98. The van der Waals surface area contributed by atoms with Crippen LogP contribution in [0.3, 0.4) is 0 Å². The Kier molecular flexibility index (Phi) is 5.58. The Bertz CT molecular complexity index is 1140. The molecule has 3 rings (SSSR count). The first-order valence-corrected chi connectivity index (χ1v) is 8.62.